The molecule has 2 N–H and O–H groups in total. The zero-order valence-electron chi connectivity index (χ0n) is 9.27. The van der Waals surface area contributed by atoms with E-state index in [0.717, 1.165) is 5.56 Å². The number of aliphatic hydroxyl groups excluding tert-OH is 1. The molecule has 0 amide bonds. The van der Waals surface area contributed by atoms with Crippen LogP contribution in [0.4, 0.5) is 0 Å². The number of ether oxygens (including phenoxy) is 1. The Bertz CT molecular complexity index is 360. The molecule has 0 spiro atoms. The quantitative estimate of drug-likeness (QED) is 0.711. The van der Waals surface area contributed by atoms with Crippen LogP contribution < -0.4 is 0 Å². The Morgan fingerprint density at radius 3 is 2.81 bits per heavy atom. The van der Waals surface area contributed by atoms with Crippen LogP contribution in [0.25, 0.3) is 0 Å². The molecule has 0 aromatic heterocycles. The zero-order chi connectivity index (χ0) is 12.0. The highest BCUT2D eigenvalue weighted by Gasteiger charge is 2.11. The van der Waals surface area contributed by atoms with E-state index in [0.29, 0.717) is 13.0 Å². The third-order valence-electron chi connectivity index (χ3n) is 2.20. The number of rotatable bonds is 6. The molecule has 0 fully saturated rings. The lowest BCUT2D eigenvalue weighted by molar-refractivity contribution is 0.0780. The van der Waals surface area contributed by atoms with Crippen LogP contribution in [-0.2, 0) is 11.2 Å². The van der Waals surface area contributed by atoms with E-state index >= 15 is 0 Å². The lowest BCUT2D eigenvalue weighted by Gasteiger charge is -2.06. The van der Waals surface area contributed by atoms with Crippen LogP contribution in [0.15, 0.2) is 18.2 Å². The number of benzene rings is 1. The van der Waals surface area contributed by atoms with Gasteiger partial charge in [0.2, 0.25) is 0 Å². The number of phenolic OH excluding ortho intramolecular Hbond substituents is 1. The maximum Gasteiger partial charge on any atom is 0.192 e. The fraction of sp³-hybridized carbons (Fsp3) is 0.417. The van der Waals surface area contributed by atoms with Crippen LogP contribution in [0.3, 0.4) is 0 Å². The Kier molecular flexibility index (Phi) is 4.95. The van der Waals surface area contributed by atoms with Gasteiger partial charge in [-0.15, -0.1) is 0 Å². The number of phenols is 1. The van der Waals surface area contributed by atoms with Gasteiger partial charge in [0.05, 0.1) is 5.56 Å². The van der Waals surface area contributed by atoms with Crippen molar-refractivity contribution in [3.8, 4) is 5.75 Å². The van der Waals surface area contributed by atoms with Crippen molar-refractivity contribution in [2.75, 3.05) is 19.8 Å². The number of hydrogen-bond acceptors (Lipinski definition) is 4. The Labute approximate surface area is 94.5 Å². The van der Waals surface area contributed by atoms with Gasteiger partial charge in [0.25, 0.3) is 0 Å². The Morgan fingerprint density at radius 2 is 2.19 bits per heavy atom. The number of carbonyl (C=O) groups is 1. The van der Waals surface area contributed by atoms with Gasteiger partial charge in [-0.2, -0.15) is 0 Å². The molecule has 0 saturated heterocycles. The number of Topliss-reactive ketones (excluding diaryl/α,β-unsaturated/α-hetero) is 1. The highest BCUT2D eigenvalue weighted by atomic mass is 16.5. The summed E-state index contributed by atoms with van der Waals surface area (Å²) in [6, 6.07) is 4.74. The van der Waals surface area contributed by atoms with E-state index in [4.69, 9.17) is 9.84 Å². The van der Waals surface area contributed by atoms with Crippen LogP contribution in [0.5, 0.6) is 5.75 Å². The van der Waals surface area contributed by atoms with Crippen molar-refractivity contribution in [3.63, 3.8) is 0 Å². The van der Waals surface area contributed by atoms with Crippen LogP contribution in [0.1, 0.15) is 22.8 Å². The van der Waals surface area contributed by atoms with E-state index in [-0.39, 0.29) is 30.3 Å². The maximum atomic E-state index is 11.6. The summed E-state index contributed by atoms with van der Waals surface area (Å²) in [6.45, 7) is 2.24. The van der Waals surface area contributed by atoms with Crippen molar-refractivity contribution >= 4 is 5.78 Å². The van der Waals surface area contributed by atoms with Crippen molar-refractivity contribution in [1.82, 2.24) is 0 Å². The van der Waals surface area contributed by atoms with E-state index in [1.54, 1.807) is 19.1 Å². The second kappa shape index (κ2) is 6.25. The molecule has 0 saturated carbocycles. The molecule has 0 radical (unpaired) electrons. The average Bonchev–Trinajstić information content (AvgIpc) is 2.29. The van der Waals surface area contributed by atoms with Gasteiger partial charge in [-0.1, -0.05) is 6.07 Å². The number of hydrogen-bond donors (Lipinski definition) is 2. The molecule has 0 atom stereocenters. The molecule has 0 aliphatic heterocycles. The van der Waals surface area contributed by atoms with Gasteiger partial charge < -0.3 is 14.9 Å². The second-order valence-electron chi connectivity index (χ2n) is 3.39. The topological polar surface area (TPSA) is 66.8 Å². The molecule has 0 heterocycles. The molecular weight excluding hydrogens is 208 g/mol. The summed E-state index contributed by atoms with van der Waals surface area (Å²) >= 11 is 0. The fourth-order valence-corrected chi connectivity index (χ4v) is 1.36. The van der Waals surface area contributed by atoms with Crippen LogP contribution in [0, 0.1) is 0 Å². The number of ketones is 1. The number of aromatic hydroxyl groups is 1. The number of aliphatic hydroxyl groups is 1. The van der Waals surface area contributed by atoms with Gasteiger partial charge in [-0.25, -0.2) is 0 Å². The molecule has 4 nitrogen and oxygen atoms in total. The summed E-state index contributed by atoms with van der Waals surface area (Å²) in [6.07, 6.45) is 0.467. The molecule has 0 aliphatic rings. The van der Waals surface area contributed by atoms with Gasteiger partial charge >= 0.3 is 0 Å². The van der Waals surface area contributed by atoms with E-state index in [9.17, 15) is 9.90 Å². The fourth-order valence-electron chi connectivity index (χ4n) is 1.36. The van der Waals surface area contributed by atoms with Crippen LogP contribution in [0.2, 0.25) is 0 Å². The lowest BCUT2D eigenvalue weighted by Crippen LogP contribution is -2.09. The van der Waals surface area contributed by atoms with Crippen LogP contribution >= 0.6 is 0 Å². The normalized spacial score (nSPS) is 10.4. The first-order valence-corrected chi connectivity index (χ1v) is 5.22. The van der Waals surface area contributed by atoms with Crippen molar-refractivity contribution < 1.29 is 19.7 Å². The Balaban J connectivity index is 2.84. The SMILES string of the molecule is CCOCC(=O)c1cc(CCO)ccc1O. The van der Waals surface area contributed by atoms with Gasteiger partial charge in [-0.3, -0.25) is 4.79 Å². The molecule has 16 heavy (non-hydrogen) atoms. The van der Waals surface area contributed by atoms with Crippen LogP contribution in [-0.4, -0.2) is 35.8 Å². The highest BCUT2D eigenvalue weighted by Crippen LogP contribution is 2.19. The summed E-state index contributed by atoms with van der Waals surface area (Å²) in [5, 5.41) is 18.3. The monoisotopic (exact) mass is 224 g/mol. The van der Waals surface area contributed by atoms with Crippen molar-refractivity contribution in [2.45, 2.75) is 13.3 Å². The predicted molar refractivity (Wildman–Crippen MR) is 59.7 cm³/mol. The highest BCUT2D eigenvalue weighted by molar-refractivity contribution is 5.99. The summed E-state index contributed by atoms with van der Waals surface area (Å²) in [5.74, 6) is -0.300. The molecule has 0 bridgehead atoms. The summed E-state index contributed by atoms with van der Waals surface area (Å²) < 4.78 is 4.99. The maximum absolute atomic E-state index is 11.6. The first-order chi connectivity index (χ1) is 7.69. The van der Waals surface area contributed by atoms with Gasteiger partial charge in [0.1, 0.15) is 12.4 Å². The molecule has 4 heteroatoms. The molecule has 88 valence electrons. The van der Waals surface area contributed by atoms with E-state index in [1.807, 2.05) is 0 Å². The van der Waals surface area contributed by atoms with E-state index < -0.39 is 0 Å². The third-order valence-corrected chi connectivity index (χ3v) is 2.20. The average molecular weight is 224 g/mol. The molecule has 1 rings (SSSR count). The standard InChI is InChI=1S/C12H16O4/c1-2-16-8-12(15)10-7-9(5-6-13)3-4-11(10)14/h3-4,7,13-14H,2,5-6,8H2,1H3. The minimum Gasteiger partial charge on any atom is -0.507 e. The summed E-state index contributed by atoms with van der Waals surface area (Å²) in [5.41, 5.74) is 1.07. The van der Waals surface area contributed by atoms with Gasteiger partial charge in [0, 0.05) is 13.2 Å². The minimum atomic E-state index is -0.251. The second-order valence-corrected chi connectivity index (χ2v) is 3.39. The third kappa shape index (κ3) is 3.32. The first kappa shape index (κ1) is 12.7. The molecular formula is C12H16O4. The Morgan fingerprint density at radius 1 is 1.44 bits per heavy atom. The lowest BCUT2D eigenvalue weighted by atomic mass is 10.0. The first-order valence-electron chi connectivity index (χ1n) is 5.22. The molecule has 0 aliphatic carbocycles. The van der Waals surface area contributed by atoms with Gasteiger partial charge in [-0.05, 0) is 31.0 Å². The van der Waals surface area contributed by atoms with Crippen molar-refractivity contribution in [2.24, 2.45) is 0 Å². The Hall–Kier alpha value is -1.39. The predicted octanol–water partition coefficient (Wildman–Crippen LogP) is 1.15. The molecule has 1 aromatic rings. The molecule has 1 aromatic carbocycles. The largest absolute Gasteiger partial charge is 0.507 e. The summed E-state index contributed by atoms with van der Waals surface area (Å²) in [4.78, 5) is 11.6. The van der Waals surface area contributed by atoms with E-state index in [1.165, 1.54) is 6.07 Å². The van der Waals surface area contributed by atoms with Crippen molar-refractivity contribution in [1.29, 1.82) is 0 Å². The van der Waals surface area contributed by atoms with Gasteiger partial charge in [0.15, 0.2) is 5.78 Å². The smallest absolute Gasteiger partial charge is 0.192 e. The number of carbonyl (C=O) groups excluding carboxylic acids is 1. The van der Waals surface area contributed by atoms with Crippen molar-refractivity contribution in [3.05, 3.63) is 29.3 Å². The zero-order valence-corrected chi connectivity index (χ0v) is 9.27. The summed E-state index contributed by atoms with van der Waals surface area (Å²) in [7, 11) is 0. The van der Waals surface area contributed by atoms with E-state index in [2.05, 4.69) is 0 Å². The molecule has 0 unspecified atom stereocenters. The minimum absolute atomic E-state index is 0.0177.